The number of nitrogens with two attached hydrogens (primary N) is 1. The average molecular weight is 309 g/mol. The number of nitrogen functional groups attached to an aromatic ring is 1. The summed E-state index contributed by atoms with van der Waals surface area (Å²) >= 11 is 0. The Morgan fingerprint density at radius 1 is 1.48 bits per heavy atom. The largest absolute Gasteiger partial charge is 0.491 e. The van der Waals surface area contributed by atoms with Gasteiger partial charge in [-0.3, -0.25) is 0 Å². The fraction of sp³-hybridized carbons (Fsp3) is 0.500. The van der Waals surface area contributed by atoms with E-state index in [1.807, 2.05) is 29.7 Å². The van der Waals surface area contributed by atoms with Crippen LogP contribution in [0.3, 0.4) is 0 Å². The van der Waals surface area contributed by atoms with Crippen LogP contribution in [0.4, 0.5) is 5.95 Å². The molecule has 6 nitrogen and oxygen atoms in total. The van der Waals surface area contributed by atoms with Crippen molar-refractivity contribution in [2.75, 3.05) is 23.8 Å². The van der Waals surface area contributed by atoms with Gasteiger partial charge in [-0.15, -0.1) is 0 Å². The predicted molar refractivity (Wildman–Crippen MR) is 82.2 cm³/mol. The first-order valence-electron chi connectivity index (χ1n) is 7.11. The third kappa shape index (κ3) is 2.57. The molecule has 0 radical (unpaired) electrons. The lowest BCUT2D eigenvalue weighted by Gasteiger charge is -2.13. The average Bonchev–Trinajstić information content (AvgIpc) is 2.95. The van der Waals surface area contributed by atoms with E-state index in [1.54, 1.807) is 0 Å². The highest BCUT2D eigenvalue weighted by molar-refractivity contribution is 7.91. The summed E-state index contributed by atoms with van der Waals surface area (Å²) in [4.78, 5) is 4.38. The smallest absolute Gasteiger partial charge is 0.201 e. The first-order valence-corrected chi connectivity index (χ1v) is 8.93. The third-order valence-corrected chi connectivity index (χ3v) is 5.50. The topological polar surface area (TPSA) is 87.2 Å². The van der Waals surface area contributed by atoms with Crippen molar-refractivity contribution in [3.63, 3.8) is 0 Å². The minimum Gasteiger partial charge on any atom is -0.491 e. The highest BCUT2D eigenvalue weighted by Crippen LogP contribution is 2.33. The Morgan fingerprint density at radius 2 is 2.29 bits per heavy atom. The number of benzene rings is 1. The number of aromatic nitrogens is 2. The van der Waals surface area contributed by atoms with E-state index in [9.17, 15) is 8.42 Å². The normalized spacial score (nSPS) is 20.9. The van der Waals surface area contributed by atoms with Gasteiger partial charge in [0.25, 0.3) is 0 Å². The lowest BCUT2D eigenvalue weighted by atomic mass is 10.2. The SMILES string of the molecule is CCCOc1cccc2c1nc(N)n2C1CCS(=O)(=O)C1. The van der Waals surface area contributed by atoms with Crippen LogP contribution in [0.5, 0.6) is 5.75 Å². The van der Waals surface area contributed by atoms with E-state index in [2.05, 4.69) is 4.98 Å². The van der Waals surface area contributed by atoms with Gasteiger partial charge in [0.15, 0.2) is 9.84 Å². The molecule has 21 heavy (non-hydrogen) atoms. The fourth-order valence-electron chi connectivity index (χ4n) is 2.80. The molecule has 1 aliphatic rings. The summed E-state index contributed by atoms with van der Waals surface area (Å²) in [6, 6.07) is 5.51. The van der Waals surface area contributed by atoms with Crippen LogP contribution in [0.15, 0.2) is 18.2 Å². The second-order valence-corrected chi connectivity index (χ2v) is 7.60. The number of imidazole rings is 1. The van der Waals surface area contributed by atoms with Gasteiger partial charge < -0.3 is 15.0 Å². The Bertz CT molecular complexity index is 767. The molecule has 0 saturated carbocycles. The summed E-state index contributed by atoms with van der Waals surface area (Å²) in [5.41, 5.74) is 7.56. The van der Waals surface area contributed by atoms with Crippen LogP contribution in [0.25, 0.3) is 11.0 Å². The second kappa shape index (κ2) is 5.22. The maximum Gasteiger partial charge on any atom is 0.201 e. The zero-order chi connectivity index (χ0) is 15.0. The van der Waals surface area contributed by atoms with Crippen molar-refractivity contribution >= 4 is 26.8 Å². The Morgan fingerprint density at radius 3 is 2.95 bits per heavy atom. The molecule has 3 rings (SSSR count). The lowest BCUT2D eigenvalue weighted by Crippen LogP contribution is -2.13. The van der Waals surface area contributed by atoms with Crippen molar-refractivity contribution < 1.29 is 13.2 Å². The van der Waals surface area contributed by atoms with Gasteiger partial charge in [-0.2, -0.15) is 0 Å². The van der Waals surface area contributed by atoms with Crippen LogP contribution in [-0.2, 0) is 9.84 Å². The summed E-state index contributed by atoms with van der Waals surface area (Å²) in [5.74, 6) is 1.38. The predicted octanol–water partition coefficient (Wildman–Crippen LogP) is 1.77. The summed E-state index contributed by atoms with van der Waals surface area (Å²) < 4.78 is 30.9. The van der Waals surface area contributed by atoms with E-state index in [-0.39, 0.29) is 17.5 Å². The van der Waals surface area contributed by atoms with Crippen molar-refractivity contribution in [3.8, 4) is 5.75 Å². The van der Waals surface area contributed by atoms with Crippen molar-refractivity contribution in [2.45, 2.75) is 25.8 Å². The second-order valence-electron chi connectivity index (χ2n) is 5.37. The minimum atomic E-state index is -2.97. The Balaban J connectivity index is 2.06. The van der Waals surface area contributed by atoms with Crippen molar-refractivity contribution in [3.05, 3.63) is 18.2 Å². The molecule has 0 spiro atoms. The maximum atomic E-state index is 11.7. The van der Waals surface area contributed by atoms with Gasteiger partial charge in [0.1, 0.15) is 11.3 Å². The number of hydrogen-bond acceptors (Lipinski definition) is 5. The number of hydrogen-bond donors (Lipinski definition) is 1. The molecule has 1 aromatic heterocycles. The monoisotopic (exact) mass is 309 g/mol. The van der Waals surface area contributed by atoms with E-state index in [1.165, 1.54) is 0 Å². The van der Waals surface area contributed by atoms with Crippen molar-refractivity contribution in [2.24, 2.45) is 0 Å². The molecule has 1 aliphatic heterocycles. The molecule has 0 amide bonds. The van der Waals surface area contributed by atoms with Gasteiger partial charge in [0.05, 0.1) is 29.7 Å². The van der Waals surface area contributed by atoms with Crippen LogP contribution in [-0.4, -0.2) is 36.1 Å². The van der Waals surface area contributed by atoms with Gasteiger partial charge in [0.2, 0.25) is 5.95 Å². The molecule has 1 saturated heterocycles. The summed E-state index contributed by atoms with van der Waals surface area (Å²) in [7, 11) is -2.97. The van der Waals surface area contributed by atoms with E-state index in [0.29, 0.717) is 30.2 Å². The zero-order valence-electron chi connectivity index (χ0n) is 11.9. The molecule has 1 fully saturated rings. The quantitative estimate of drug-likeness (QED) is 0.930. The molecule has 1 unspecified atom stereocenters. The van der Waals surface area contributed by atoms with Gasteiger partial charge in [-0.05, 0) is 25.0 Å². The molecule has 1 atom stereocenters. The van der Waals surface area contributed by atoms with Crippen LogP contribution in [0, 0.1) is 0 Å². The minimum absolute atomic E-state index is 0.128. The molecule has 2 N–H and O–H groups in total. The van der Waals surface area contributed by atoms with Crippen molar-refractivity contribution in [1.82, 2.24) is 9.55 Å². The highest BCUT2D eigenvalue weighted by Gasteiger charge is 2.31. The van der Waals surface area contributed by atoms with Crippen LogP contribution < -0.4 is 10.5 Å². The van der Waals surface area contributed by atoms with E-state index in [4.69, 9.17) is 10.5 Å². The first kappa shape index (κ1) is 14.2. The Labute approximate surface area is 123 Å². The third-order valence-electron chi connectivity index (χ3n) is 3.75. The molecular weight excluding hydrogens is 290 g/mol. The van der Waals surface area contributed by atoms with E-state index in [0.717, 1.165) is 11.9 Å². The highest BCUT2D eigenvalue weighted by atomic mass is 32.2. The lowest BCUT2D eigenvalue weighted by molar-refractivity contribution is 0.320. The number of rotatable bonds is 4. The number of anilines is 1. The van der Waals surface area contributed by atoms with Crippen LogP contribution in [0.1, 0.15) is 25.8 Å². The molecule has 7 heteroatoms. The molecule has 1 aromatic carbocycles. The maximum absolute atomic E-state index is 11.7. The Kier molecular flexibility index (Phi) is 3.52. The van der Waals surface area contributed by atoms with Gasteiger partial charge in [-0.25, -0.2) is 13.4 Å². The number of sulfone groups is 1. The summed E-state index contributed by atoms with van der Waals surface area (Å²) in [6.07, 6.45) is 1.49. The fourth-order valence-corrected chi connectivity index (χ4v) is 4.50. The molecule has 0 bridgehead atoms. The number of ether oxygens (including phenoxy) is 1. The van der Waals surface area contributed by atoms with Gasteiger partial charge in [0, 0.05) is 0 Å². The standard InChI is InChI=1S/C14H19N3O3S/c1-2-7-20-12-5-3-4-11-13(12)16-14(15)17(11)10-6-8-21(18,19)9-10/h3-5,10H,2,6-9H2,1H3,(H2,15,16). The van der Waals surface area contributed by atoms with Crippen LogP contribution in [0.2, 0.25) is 0 Å². The van der Waals surface area contributed by atoms with Crippen molar-refractivity contribution in [1.29, 1.82) is 0 Å². The molecule has 114 valence electrons. The molecule has 2 aromatic rings. The van der Waals surface area contributed by atoms with Gasteiger partial charge in [-0.1, -0.05) is 13.0 Å². The van der Waals surface area contributed by atoms with Crippen LogP contribution >= 0.6 is 0 Å². The molecular formula is C14H19N3O3S. The Hall–Kier alpha value is -1.76. The number of nitrogens with zero attached hydrogens (tertiary/aromatic N) is 2. The number of fused-ring (bicyclic) bond motifs is 1. The summed E-state index contributed by atoms with van der Waals surface area (Å²) in [5, 5.41) is 0. The van der Waals surface area contributed by atoms with E-state index >= 15 is 0 Å². The number of para-hydroxylation sites is 1. The summed E-state index contributed by atoms with van der Waals surface area (Å²) in [6.45, 7) is 2.65. The zero-order valence-corrected chi connectivity index (χ0v) is 12.8. The van der Waals surface area contributed by atoms with E-state index < -0.39 is 9.84 Å². The first-order chi connectivity index (χ1) is 10.0. The molecule has 2 heterocycles. The molecule has 0 aliphatic carbocycles. The van der Waals surface area contributed by atoms with Gasteiger partial charge >= 0.3 is 0 Å².